The van der Waals surface area contributed by atoms with Crippen molar-refractivity contribution in [2.75, 3.05) is 5.75 Å². The van der Waals surface area contributed by atoms with E-state index in [9.17, 15) is 9.59 Å². The van der Waals surface area contributed by atoms with Crippen LogP contribution < -0.4 is 5.73 Å². The molecule has 1 atom stereocenters. The lowest BCUT2D eigenvalue weighted by molar-refractivity contribution is -0.143. The Hall–Kier alpha value is -1.33. The molecule has 1 heterocycles. The zero-order valence-corrected chi connectivity index (χ0v) is 10.9. The van der Waals surface area contributed by atoms with Crippen molar-refractivity contribution in [1.82, 2.24) is 0 Å². The Morgan fingerprint density at radius 2 is 2.22 bits per heavy atom. The van der Waals surface area contributed by atoms with Crippen LogP contribution in [0, 0.1) is 0 Å². The number of hydrogen-bond acceptors (Lipinski definition) is 4. The molecule has 0 saturated carbocycles. The van der Waals surface area contributed by atoms with Gasteiger partial charge in [0.25, 0.3) is 0 Å². The van der Waals surface area contributed by atoms with Gasteiger partial charge in [0.15, 0.2) is 5.78 Å². The van der Waals surface area contributed by atoms with Gasteiger partial charge in [-0.25, -0.2) is 4.79 Å². The van der Waals surface area contributed by atoms with E-state index in [2.05, 4.69) is 0 Å². The molecule has 0 saturated heterocycles. The molecule has 1 aliphatic rings. The summed E-state index contributed by atoms with van der Waals surface area (Å²) >= 11 is 1.63. The van der Waals surface area contributed by atoms with Crippen LogP contribution in [0.1, 0.15) is 35.7 Å². The number of aliphatic carboxylic acids is 1. The van der Waals surface area contributed by atoms with Gasteiger partial charge in [0, 0.05) is 16.9 Å². The van der Waals surface area contributed by atoms with Gasteiger partial charge in [-0.3, -0.25) is 4.79 Å². The highest BCUT2D eigenvalue weighted by Crippen LogP contribution is 2.31. The summed E-state index contributed by atoms with van der Waals surface area (Å²) in [5.41, 5.74) is 5.38. The largest absolute Gasteiger partial charge is 0.480 e. The summed E-state index contributed by atoms with van der Waals surface area (Å²) in [5, 5.41) is 9.11. The van der Waals surface area contributed by atoms with Crippen LogP contribution in [0.2, 0.25) is 0 Å². The molecule has 0 amide bonds. The number of carbonyl (C=O) groups is 2. The van der Waals surface area contributed by atoms with Crippen LogP contribution in [-0.4, -0.2) is 22.6 Å². The van der Waals surface area contributed by atoms with E-state index in [4.69, 9.17) is 10.8 Å². The van der Waals surface area contributed by atoms with Crippen LogP contribution in [-0.2, 0) is 10.3 Å². The number of fused-ring (bicyclic) bond motifs is 1. The third-order valence-electron chi connectivity index (χ3n) is 3.13. The number of benzene rings is 1. The summed E-state index contributed by atoms with van der Waals surface area (Å²) in [4.78, 5) is 24.0. The molecule has 18 heavy (non-hydrogen) atoms. The smallest absolute Gasteiger partial charge is 0.328 e. The van der Waals surface area contributed by atoms with Crippen LogP contribution in [0.4, 0.5) is 0 Å². The minimum atomic E-state index is -1.47. The Labute approximate surface area is 110 Å². The van der Waals surface area contributed by atoms with E-state index in [1.165, 1.54) is 6.92 Å². The number of rotatable bonds is 2. The average Bonchev–Trinajstić information content (AvgIpc) is 2.51. The fourth-order valence-electron chi connectivity index (χ4n) is 1.87. The molecular formula is C13H15NO3S. The third kappa shape index (κ3) is 2.28. The average molecular weight is 265 g/mol. The topological polar surface area (TPSA) is 80.4 Å². The number of Topliss-reactive ketones (excluding diaryl/α,β-unsaturated/α-hetero) is 1. The van der Waals surface area contributed by atoms with Crippen molar-refractivity contribution >= 4 is 23.5 Å². The van der Waals surface area contributed by atoms with Gasteiger partial charge in [-0.1, -0.05) is 6.07 Å². The minimum absolute atomic E-state index is 0.0676. The Kier molecular flexibility index (Phi) is 3.45. The van der Waals surface area contributed by atoms with Gasteiger partial charge in [-0.2, -0.15) is 0 Å². The summed E-state index contributed by atoms with van der Waals surface area (Å²) in [5.74, 6) is -0.120. The van der Waals surface area contributed by atoms with E-state index >= 15 is 0 Å². The quantitative estimate of drug-likeness (QED) is 0.855. The number of carbonyl (C=O) groups excluding carboxylic acids is 1. The van der Waals surface area contributed by atoms with Gasteiger partial charge in [-0.15, -0.1) is 11.8 Å². The fraction of sp³-hybridized carbons (Fsp3) is 0.385. The Bertz CT molecular complexity index is 511. The van der Waals surface area contributed by atoms with E-state index < -0.39 is 11.5 Å². The summed E-state index contributed by atoms with van der Waals surface area (Å²) in [6.07, 6.45) is 1.37. The van der Waals surface area contributed by atoms with Gasteiger partial charge in [0.1, 0.15) is 5.54 Å². The number of nitrogens with two attached hydrogens (primary N) is 1. The molecule has 96 valence electrons. The fourth-order valence-corrected chi connectivity index (χ4v) is 2.87. The van der Waals surface area contributed by atoms with Crippen molar-refractivity contribution in [3.05, 3.63) is 29.3 Å². The highest BCUT2D eigenvalue weighted by molar-refractivity contribution is 7.99. The van der Waals surface area contributed by atoms with E-state index in [1.807, 2.05) is 0 Å². The molecule has 0 fully saturated rings. The maximum Gasteiger partial charge on any atom is 0.328 e. The van der Waals surface area contributed by atoms with Gasteiger partial charge in [0.05, 0.1) is 0 Å². The van der Waals surface area contributed by atoms with E-state index in [0.717, 1.165) is 17.1 Å². The first-order valence-electron chi connectivity index (χ1n) is 5.75. The van der Waals surface area contributed by atoms with Crippen LogP contribution >= 0.6 is 11.8 Å². The lowest BCUT2D eigenvalue weighted by Crippen LogP contribution is -2.41. The SMILES string of the molecule is CC(N)(C(=O)O)c1ccc2c(c1)C(=O)CCCS2. The normalized spacial score (nSPS) is 18.7. The molecule has 4 nitrogen and oxygen atoms in total. The molecule has 0 aliphatic carbocycles. The number of hydrogen-bond donors (Lipinski definition) is 2. The zero-order valence-electron chi connectivity index (χ0n) is 10.1. The maximum absolute atomic E-state index is 12.0. The standard InChI is InChI=1S/C13H15NO3S/c1-13(14,12(16)17)8-4-5-11-9(7-8)10(15)3-2-6-18-11/h4-5,7H,2-3,6,14H2,1H3,(H,16,17). The predicted molar refractivity (Wildman–Crippen MR) is 69.9 cm³/mol. The monoisotopic (exact) mass is 265 g/mol. The third-order valence-corrected chi connectivity index (χ3v) is 4.29. The number of carboxylic acid groups (broad SMARTS) is 1. The molecule has 2 rings (SSSR count). The second-order valence-corrected chi connectivity index (χ2v) is 5.73. The van der Waals surface area contributed by atoms with Gasteiger partial charge >= 0.3 is 5.97 Å². The molecule has 0 aromatic heterocycles. The first-order chi connectivity index (χ1) is 8.43. The summed E-state index contributed by atoms with van der Waals surface area (Å²) in [7, 11) is 0. The number of thioether (sulfide) groups is 1. The van der Waals surface area contributed by atoms with Crippen molar-refractivity contribution < 1.29 is 14.7 Å². The second-order valence-electron chi connectivity index (χ2n) is 4.59. The van der Waals surface area contributed by atoms with E-state index in [0.29, 0.717) is 17.5 Å². The molecule has 1 aromatic carbocycles. The lowest BCUT2D eigenvalue weighted by Gasteiger charge is -2.20. The predicted octanol–water partition coefficient (Wildman–Crippen LogP) is 2.01. The van der Waals surface area contributed by atoms with Crippen LogP contribution in [0.3, 0.4) is 0 Å². The molecule has 1 unspecified atom stereocenters. The minimum Gasteiger partial charge on any atom is -0.480 e. The molecule has 0 bridgehead atoms. The van der Waals surface area contributed by atoms with Crippen molar-refractivity contribution in [2.45, 2.75) is 30.2 Å². The van der Waals surface area contributed by atoms with Gasteiger partial charge < -0.3 is 10.8 Å². The van der Waals surface area contributed by atoms with Gasteiger partial charge in [0.2, 0.25) is 0 Å². The summed E-state index contributed by atoms with van der Waals surface area (Å²) in [6, 6.07) is 5.12. The second kappa shape index (κ2) is 4.74. The number of ketones is 1. The van der Waals surface area contributed by atoms with E-state index in [-0.39, 0.29) is 5.78 Å². The Morgan fingerprint density at radius 1 is 1.50 bits per heavy atom. The Balaban J connectivity index is 2.49. The first kappa shape index (κ1) is 13.1. The molecule has 1 aromatic rings. The van der Waals surface area contributed by atoms with Crippen molar-refractivity contribution in [2.24, 2.45) is 5.73 Å². The van der Waals surface area contributed by atoms with Crippen LogP contribution in [0.15, 0.2) is 23.1 Å². The van der Waals surface area contributed by atoms with Crippen LogP contribution in [0.5, 0.6) is 0 Å². The van der Waals surface area contributed by atoms with Crippen molar-refractivity contribution in [1.29, 1.82) is 0 Å². The number of carboxylic acids is 1. The van der Waals surface area contributed by atoms with Crippen LogP contribution in [0.25, 0.3) is 0 Å². The molecule has 0 radical (unpaired) electrons. The molecule has 3 N–H and O–H groups in total. The molecule has 0 spiro atoms. The molecule has 5 heteroatoms. The molecule has 1 aliphatic heterocycles. The Morgan fingerprint density at radius 3 is 2.89 bits per heavy atom. The van der Waals surface area contributed by atoms with Crippen molar-refractivity contribution in [3.8, 4) is 0 Å². The maximum atomic E-state index is 12.0. The first-order valence-corrected chi connectivity index (χ1v) is 6.74. The van der Waals surface area contributed by atoms with E-state index in [1.54, 1.807) is 30.0 Å². The highest BCUT2D eigenvalue weighted by Gasteiger charge is 2.31. The molecular weight excluding hydrogens is 250 g/mol. The summed E-state index contributed by atoms with van der Waals surface area (Å²) < 4.78 is 0. The van der Waals surface area contributed by atoms with Crippen molar-refractivity contribution in [3.63, 3.8) is 0 Å². The lowest BCUT2D eigenvalue weighted by atomic mass is 9.91. The zero-order chi connectivity index (χ0) is 13.3. The highest BCUT2D eigenvalue weighted by atomic mass is 32.2. The summed E-state index contributed by atoms with van der Waals surface area (Å²) in [6.45, 7) is 1.44. The van der Waals surface area contributed by atoms with Gasteiger partial charge in [-0.05, 0) is 36.8 Å².